The molecule has 0 saturated heterocycles. The Morgan fingerprint density at radius 1 is 1.31 bits per heavy atom. The Kier molecular flexibility index (Phi) is 2.46. The molecule has 2 rings (SSSR count). The van der Waals surface area contributed by atoms with E-state index in [0.717, 1.165) is 10.9 Å². The summed E-state index contributed by atoms with van der Waals surface area (Å²) in [5.74, 6) is -0.343. The molecule has 1 aromatic heterocycles. The normalized spacial score (nSPS) is 11.7. The van der Waals surface area contributed by atoms with Crippen molar-refractivity contribution < 1.29 is 9.53 Å². The molecule has 0 aliphatic carbocycles. The quantitative estimate of drug-likeness (QED) is 0.745. The molecular weight excluding hydrogens is 202 g/mol. The van der Waals surface area contributed by atoms with Crippen LogP contribution >= 0.6 is 0 Å². The summed E-state index contributed by atoms with van der Waals surface area (Å²) >= 11 is 0. The van der Waals surface area contributed by atoms with E-state index in [9.17, 15) is 4.79 Å². The SMILES string of the molecule is CC(C)(C)OC(=O)c1[c][nH]c2ccccc12. The van der Waals surface area contributed by atoms with Crippen molar-refractivity contribution in [1.82, 2.24) is 4.98 Å². The van der Waals surface area contributed by atoms with E-state index in [1.807, 2.05) is 45.0 Å². The van der Waals surface area contributed by atoms with Crippen molar-refractivity contribution >= 4 is 16.9 Å². The molecule has 0 bridgehead atoms. The maximum absolute atomic E-state index is 11.9. The zero-order chi connectivity index (χ0) is 11.8. The Bertz CT molecular complexity index is 520. The third-order valence-corrected chi connectivity index (χ3v) is 2.12. The molecule has 3 heteroatoms. The van der Waals surface area contributed by atoms with Crippen LogP contribution < -0.4 is 0 Å². The highest BCUT2D eigenvalue weighted by Crippen LogP contribution is 2.20. The number of aromatic nitrogens is 1. The monoisotopic (exact) mass is 216 g/mol. The van der Waals surface area contributed by atoms with Crippen LogP contribution in [0, 0.1) is 6.20 Å². The van der Waals surface area contributed by atoms with E-state index in [1.165, 1.54) is 0 Å². The second-order valence-corrected chi connectivity index (χ2v) is 4.67. The van der Waals surface area contributed by atoms with Gasteiger partial charge in [0.25, 0.3) is 0 Å². The average Bonchev–Trinajstić information content (AvgIpc) is 2.58. The molecule has 0 saturated carbocycles. The number of hydrogen-bond donors (Lipinski definition) is 1. The third kappa shape index (κ3) is 2.08. The van der Waals surface area contributed by atoms with E-state index in [4.69, 9.17) is 4.74 Å². The fraction of sp³-hybridized carbons (Fsp3) is 0.308. The zero-order valence-corrected chi connectivity index (χ0v) is 9.63. The van der Waals surface area contributed by atoms with Gasteiger partial charge in [-0.15, -0.1) is 0 Å². The molecule has 0 aliphatic heterocycles. The molecule has 16 heavy (non-hydrogen) atoms. The molecule has 1 aromatic carbocycles. The number of esters is 1. The Labute approximate surface area is 94.4 Å². The van der Waals surface area contributed by atoms with Gasteiger partial charge in [-0.1, -0.05) is 18.2 Å². The molecule has 0 aliphatic rings. The van der Waals surface area contributed by atoms with E-state index in [-0.39, 0.29) is 5.97 Å². The van der Waals surface area contributed by atoms with Crippen LogP contribution in [0.4, 0.5) is 0 Å². The number of nitrogens with one attached hydrogen (secondary N) is 1. The first-order chi connectivity index (χ1) is 7.47. The van der Waals surface area contributed by atoms with Crippen molar-refractivity contribution in [2.75, 3.05) is 0 Å². The number of carbonyl (C=O) groups is 1. The number of hydrogen-bond acceptors (Lipinski definition) is 2. The number of H-pyrrole nitrogens is 1. The summed E-state index contributed by atoms with van der Waals surface area (Å²) in [6, 6.07) is 7.57. The Balaban J connectivity index is 2.37. The van der Waals surface area contributed by atoms with E-state index in [2.05, 4.69) is 11.2 Å². The number of fused-ring (bicyclic) bond motifs is 1. The predicted molar refractivity (Wildman–Crippen MR) is 62.3 cm³/mol. The molecule has 1 heterocycles. The highest BCUT2D eigenvalue weighted by atomic mass is 16.6. The Morgan fingerprint density at radius 2 is 2.00 bits per heavy atom. The van der Waals surface area contributed by atoms with Gasteiger partial charge in [0.05, 0.1) is 11.8 Å². The van der Waals surface area contributed by atoms with Gasteiger partial charge in [-0.3, -0.25) is 0 Å². The lowest BCUT2D eigenvalue weighted by molar-refractivity contribution is 0.00715. The van der Waals surface area contributed by atoms with Gasteiger partial charge in [0.1, 0.15) is 5.60 Å². The van der Waals surface area contributed by atoms with Crippen LogP contribution in [-0.4, -0.2) is 16.6 Å². The largest absolute Gasteiger partial charge is 0.456 e. The number of carbonyl (C=O) groups excluding carboxylic acids is 1. The fourth-order valence-electron chi connectivity index (χ4n) is 1.50. The van der Waals surface area contributed by atoms with E-state index in [0.29, 0.717) is 5.56 Å². The predicted octanol–water partition coefficient (Wildman–Crippen LogP) is 2.92. The van der Waals surface area contributed by atoms with Gasteiger partial charge >= 0.3 is 5.97 Å². The van der Waals surface area contributed by atoms with Crippen molar-refractivity contribution in [2.24, 2.45) is 0 Å². The molecule has 3 nitrogen and oxygen atoms in total. The van der Waals surface area contributed by atoms with Crippen LogP contribution in [-0.2, 0) is 4.74 Å². The number of para-hydroxylation sites is 1. The highest BCUT2D eigenvalue weighted by Gasteiger charge is 2.20. The number of aromatic amines is 1. The summed E-state index contributed by atoms with van der Waals surface area (Å²) in [6.45, 7) is 5.54. The van der Waals surface area contributed by atoms with Gasteiger partial charge in [0.15, 0.2) is 0 Å². The molecule has 0 atom stereocenters. The topological polar surface area (TPSA) is 42.1 Å². The summed E-state index contributed by atoms with van der Waals surface area (Å²) in [4.78, 5) is 14.8. The van der Waals surface area contributed by atoms with Crippen molar-refractivity contribution in [3.05, 3.63) is 36.0 Å². The van der Waals surface area contributed by atoms with Gasteiger partial charge in [-0.05, 0) is 26.8 Å². The van der Waals surface area contributed by atoms with Crippen LogP contribution in [0.5, 0.6) is 0 Å². The van der Waals surface area contributed by atoms with Gasteiger partial charge in [-0.2, -0.15) is 0 Å². The molecule has 0 amide bonds. The first-order valence-electron chi connectivity index (χ1n) is 5.19. The smallest absolute Gasteiger partial charge is 0.341 e. The summed E-state index contributed by atoms with van der Waals surface area (Å²) in [6.07, 6.45) is 2.84. The van der Waals surface area contributed by atoms with Crippen LogP contribution in [0.3, 0.4) is 0 Å². The number of benzene rings is 1. The molecule has 2 aromatic rings. The van der Waals surface area contributed by atoms with Crippen LogP contribution in [0.2, 0.25) is 0 Å². The Hall–Kier alpha value is -1.77. The van der Waals surface area contributed by atoms with Crippen molar-refractivity contribution in [2.45, 2.75) is 26.4 Å². The first-order valence-corrected chi connectivity index (χ1v) is 5.19. The minimum atomic E-state index is -0.483. The standard InChI is InChI=1S/C13H14NO2/c1-13(2,3)16-12(15)10-8-14-11-7-5-4-6-9(10)11/h4-7,14H,1-3H3. The first kappa shape index (κ1) is 10.7. The maximum Gasteiger partial charge on any atom is 0.341 e. The van der Waals surface area contributed by atoms with E-state index in [1.54, 1.807) is 0 Å². The zero-order valence-electron chi connectivity index (χ0n) is 9.63. The lowest BCUT2D eigenvalue weighted by Crippen LogP contribution is -2.23. The van der Waals surface area contributed by atoms with E-state index >= 15 is 0 Å². The van der Waals surface area contributed by atoms with Gasteiger partial charge in [0, 0.05) is 10.9 Å². The van der Waals surface area contributed by atoms with Crippen molar-refractivity contribution in [3.63, 3.8) is 0 Å². The molecule has 0 unspecified atom stereocenters. The van der Waals surface area contributed by atoms with Gasteiger partial charge < -0.3 is 9.72 Å². The molecule has 0 spiro atoms. The lowest BCUT2D eigenvalue weighted by Gasteiger charge is -2.18. The second-order valence-electron chi connectivity index (χ2n) is 4.67. The lowest BCUT2D eigenvalue weighted by atomic mass is 10.1. The minimum Gasteiger partial charge on any atom is -0.456 e. The van der Waals surface area contributed by atoms with Gasteiger partial charge in [0.2, 0.25) is 0 Å². The van der Waals surface area contributed by atoms with Crippen LogP contribution in [0.1, 0.15) is 31.1 Å². The van der Waals surface area contributed by atoms with Crippen LogP contribution in [0.15, 0.2) is 24.3 Å². The van der Waals surface area contributed by atoms with Crippen molar-refractivity contribution in [3.8, 4) is 0 Å². The summed E-state index contributed by atoms with van der Waals surface area (Å²) in [5.41, 5.74) is 0.873. The summed E-state index contributed by atoms with van der Waals surface area (Å²) < 4.78 is 5.30. The Morgan fingerprint density at radius 3 is 2.69 bits per heavy atom. The fourth-order valence-corrected chi connectivity index (χ4v) is 1.50. The molecule has 0 fully saturated rings. The molecule has 83 valence electrons. The highest BCUT2D eigenvalue weighted by molar-refractivity contribution is 6.03. The molecule has 1 N–H and O–H groups in total. The van der Waals surface area contributed by atoms with Crippen molar-refractivity contribution in [1.29, 1.82) is 0 Å². The van der Waals surface area contributed by atoms with E-state index < -0.39 is 5.60 Å². The average molecular weight is 216 g/mol. The maximum atomic E-state index is 11.9. The third-order valence-electron chi connectivity index (χ3n) is 2.12. The molecular formula is C13H14NO2. The van der Waals surface area contributed by atoms with Gasteiger partial charge in [-0.25, -0.2) is 4.79 Å². The second kappa shape index (κ2) is 3.67. The minimum absolute atomic E-state index is 0.343. The van der Waals surface area contributed by atoms with Crippen LogP contribution in [0.25, 0.3) is 10.9 Å². The summed E-state index contributed by atoms with van der Waals surface area (Å²) in [5, 5.41) is 0.844. The number of ether oxygens (including phenoxy) is 1. The summed E-state index contributed by atoms with van der Waals surface area (Å²) in [7, 11) is 0. The number of rotatable bonds is 1. The molecule has 1 radical (unpaired) electrons.